The standard InChI is InChI=1S/C38H32Cl4N2O6S/c39-35-27(7-9-33(47)43-11-15-49-16-12-43)29(23-3-1-5-25(45)19-23)21-31(37(35)41)51-32-22-30(24-4-2-6-26(46)20-24)28(36(40)38(32)42)8-10-34(48)44-13-17-50-18-14-44/h1-10,19-22,45-46H,11-18H2. The lowest BCUT2D eigenvalue weighted by molar-refractivity contribution is -0.130. The van der Waals surface area contributed by atoms with E-state index in [1.54, 1.807) is 58.4 Å². The van der Waals surface area contributed by atoms with Crippen molar-refractivity contribution in [3.8, 4) is 33.8 Å². The third-order valence-electron chi connectivity index (χ3n) is 8.39. The molecule has 0 aromatic heterocycles. The zero-order valence-corrected chi connectivity index (χ0v) is 30.9. The van der Waals surface area contributed by atoms with Crippen LogP contribution in [0.3, 0.4) is 0 Å². The second kappa shape index (κ2) is 16.8. The van der Waals surface area contributed by atoms with Gasteiger partial charge in [-0.25, -0.2) is 0 Å². The highest BCUT2D eigenvalue weighted by Gasteiger charge is 2.23. The molecule has 4 aromatic rings. The summed E-state index contributed by atoms with van der Waals surface area (Å²) < 4.78 is 10.7. The van der Waals surface area contributed by atoms with Crippen LogP contribution in [-0.2, 0) is 19.1 Å². The zero-order chi connectivity index (χ0) is 36.1. The molecule has 0 bridgehead atoms. The molecule has 0 atom stereocenters. The average Bonchev–Trinajstić information content (AvgIpc) is 3.14. The van der Waals surface area contributed by atoms with Crippen LogP contribution in [0.25, 0.3) is 34.4 Å². The summed E-state index contributed by atoms with van der Waals surface area (Å²) in [6, 6.07) is 17.0. The number of rotatable bonds is 8. The molecule has 4 aromatic carbocycles. The molecule has 2 amide bonds. The predicted molar refractivity (Wildman–Crippen MR) is 204 cm³/mol. The first-order chi connectivity index (χ1) is 24.6. The number of phenols is 2. The Hall–Kier alpha value is -3.67. The Labute approximate surface area is 319 Å². The molecular formula is C38H32Cl4N2O6S. The molecule has 2 aliphatic rings. The average molecular weight is 787 g/mol. The van der Waals surface area contributed by atoms with Crippen molar-refractivity contribution in [3.63, 3.8) is 0 Å². The molecule has 0 radical (unpaired) electrons. The fourth-order valence-corrected chi connectivity index (χ4v) is 7.90. The zero-order valence-electron chi connectivity index (χ0n) is 27.1. The molecule has 6 rings (SSSR count). The van der Waals surface area contributed by atoms with Gasteiger partial charge in [-0.05, 0) is 70.8 Å². The Morgan fingerprint density at radius 2 is 1.00 bits per heavy atom. The van der Waals surface area contributed by atoms with Gasteiger partial charge in [0, 0.05) is 59.2 Å². The molecule has 2 saturated heterocycles. The highest BCUT2D eigenvalue weighted by atomic mass is 35.5. The van der Waals surface area contributed by atoms with Gasteiger partial charge in [0.05, 0.1) is 46.5 Å². The number of nitrogens with zero attached hydrogens (tertiary/aromatic N) is 2. The molecule has 0 saturated carbocycles. The smallest absolute Gasteiger partial charge is 0.246 e. The minimum Gasteiger partial charge on any atom is -0.508 e. The van der Waals surface area contributed by atoms with Crippen molar-refractivity contribution < 1.29 is 29.3 Å². The summed E-state index contributed by atoms with van der Waals surface area (Å²) in [5, 5.41) is 21.5. The van der Waals surface area contributed by atoms with Gasteiger partial charge in [-0.1, -0.05) is 82.4 Å². The normalized spacial score (nSPS) is 15.2. The highest BCUT2D eigenvalue weighted by Crippen LogP contribution is 2.49. The number of morpholine rings is 2. The van der Waals surface area contributed by atoms with Crippen molar-refractivity contribution >= 4 is 82.1 Å². The first kappa shape index (κ1) is 37.1. The van der Waals surface area contributed by atoms with Crippen LogP contribution in [0.4, 0.5) is 0 Å². The van der Waals surface area contributed by atoms with Crippen molar-refractivity contribution in [1.82, 2.24) is 9.80 Å². The van der Waals surface area contributed by atoms with Gasteiger partial charge >= 0.3 is 0 Å². The van der Waals surface area contributed by atoms with Gasteiger partial charge in [-0.2, -0.15) is 0 Å². The molecule has 0 aliphatic carbocycles. The first-order valence-electron chi connectivity index (χ1n) is 16.0. The van der Waals surface area contributed by atoms with Crippen LogP contribution < -0.4 is 0 Å². The Balaban J connectivity index is 1.42. The maximum atomic E-state index is 13.0. The van der Waals surface area contributed by atoms with E-state index >= 15 is 0 Å². The van der Waals surface area contributed by atoms with Crippen LogP contribution >= 0.6 is 58.2 Å². The second-order valence-electron chi connectivity index (χ2n) is 11.7. The predicted octanol–water partition coefficient (Wildman–Crippen LogP) is 8.94. The number of hydrogen-bond acceptors (Lipinski definition) is 7. The molecule has 51 heavy (non-hydrogen) atoms. The van der Waals surface area contributed by atoms with Crippen molar-refractivity contribution in [2.45, 2.75) is 9.79 Å². The number of carbonyl (C=O) groups excluding carboxylic acids is 2. The van der Waals surface area contributed by atoms with E-state index in [1.165, 1.54) is 23.9 Å². The number of halogens is 4. The topological polar surface area (TPSA) is 99.5 Å². The van der Waals surface area contributed by atoms with E-state index in [2.05, 4.69) is 0 Å². The number of hydrogen-bond donors (Lipinski definition) is 2. The van der Waals surface area contributed by atoms with Crippen LogP contribution in [-0.4, -0.2) is 84.4 Å². The largest absolute Gasteiger partial charge is 0.508 e. The van der Waals surface area contributed by atoms with Crippen molar-refractivity contribution in [1.29, 1.82) is 0 Å². The number of phenolic OH excluding ortho intramolecular Hbond substituents is 2. The van der Waals surface area contributed by atoms with E-state index in [4.69, 9.17) is 55.9 Å². The Morgan fingerprint density at radius 3 is 1.37 bits per heavy atom. The molecule has 8 nitrogen and oxygen atoms in total. The highest BCUT2D eigenvalue weighted by molar-refractivity contribution is 7.99. The lowest BCUT2D eigenvalue weighted by atomic mass is 9.98. The summed E-state index contributed by atoms with van der Waals surface area (Å²) in [5.41, 5.74) is 3.50. The molecule has 2 fully saturated rings. The van der Waals surface area contributed by atoms with E-state index in [0.29, 0.717) is 95.8 Å². The third kappa shape index (κ3) is 8.69. The van der Waals surface area contributed by atoms with Crippen LogP contribution in [0.5, 0.6) is 11.5 Å². The Morgan fingerprint density at radius 1 is 0.608 bits per heavy atom. The minimum absolute atomic E-state index is 0.0495. The van der Waals surface area contributed by atoms with Gasteiger partial charge in [0.2, 0.25) is 11.8 Å². The molecule has 264 valence electrons. The second-order valence-corrected chi connectivity index (χ2v) is 14.3. The molecule has 2 aliphatic heterocycles. The number of aromatic hydroxyl groups is 2. The van der Waals surface area contributed by atoms with Crippen molar-refractivity contribution in [2.24, 2.45) is 0 Å². The molecule has 0 spiro atoms. The number of ether oxygens (including phenoxy) is 2. The van der Waals surface area contributed by atoms with Gasteiger partial charge in [-0.3, -0.25) is 9.59 Å². The summed E-state index contributed by atoms with van der Waals surface area (Å²) in [4.78, 5) is 30.4. The number of amides is 2. The number of carbonyl (C=O) groups is 2. The SMILES string of the molecule is O=C(C=Cc1c(-c2cccc(O)c2)cc(Sc2cc(-c3cccc(O)c3)c(C=CC(=O)N3CCOCC3)c(Cl)c2Cl)c(Cl)c1Cl)N1CCOCC1. The fraction of sp³-hybridized carbons (Fsp3) is 0.211. The van der Waals surface area contributed by atoms with E-state index in [1.807, 2.05) is 24.3 Å². The molecule has 0 unspecified atom stereocenters. The van der Waals surface area contributed by atoms with E-state index in [-0.39, 0.29) is 43.4 Å². The van der Waals surface area contributed by atoms with Crippen LogP contribution in [0.15, 0.2) is 82.6 Å². The van der Waals surface area contributed by atoms with Crippen LogP contribution in [0.2, 0.25) is 20.1 Å². The van der Waals surface area contributed by atoms with Gasteiger partial charge in [0.25, 0.3) is 0 Å². The summed E-state index contributed by atoms with van der Waals surface area (Å²) >= 11 is 29.0. The maximum absolute atomic E-state index is 13.0. The molecular weight excluding hydrogens is 754 g/mol. The van der Waals surface area contributed by atoms with Crippen LogP contribution in [0, 0.1) is 0 Å². The lowest BCUT2D eigenvalue weighted by Crippen LogP contribution is -2.39. The Kier molecular flexibility index (Phi) is 12.2. The van der Waals surface area contributed by atoms with Crippen molar-refractivity contribution in [2.75, 3.05) is 52.6 Å². The van der Waals surface area contributed by atoms with Gasteiger partial charge < -0.3 is 29.5 Å². The quantitative estimate of drug-likeness (QED) is 0.172. The maximum Gasteiger partial charge on any atom is 0.246 e. The van der Waals surface area contributed by atoms with Crippen LogP contribution in [0.1, 0.15) is 11.1 Å². The third-order valence-corrected chi connectivity index (χ3v) is 11.5. The molecule has 13 heteroatoms. The Bertz CT molecular complexity index is 1880. The van der Waals surface area contributed by atoms with Gasteiger partial charge in [-0.15, -0.1) is 0 Å². The molecule has 2 heterocycles. The monoisotopic (exact) mass is 784 g/mol. The van der Waals surface area contributed by atoms with Gasteiger partial charge in [0.15, 0.2) is 0 Å². The summed E-state index contributed by atoms with van der Waals surface area (Å²) in [6.45, 7) is 3.82. The first-order valence-corrected chi connectivity index (χ1v) is 18.3. The fourth-order valence-electron chi connectivity index (χ4n) is 5.74. The number of benzene rings is 4. The van der Waals surface area contributed by atoms with Gasteiger partial charge in [0.1, 0.15) is 11.5 Å². The van der Waals surface area contributed by atoms with E-state index in [0.717, 1.165) is 0 Å². The van der Waals surface area contributed by atoms with Crippen molar-refractivity contribution in [3.05, 3.63) is 104 Å². The van der Waals surface area contributed by atoms with E-state index < -0.39 is 0 Å². The molecule has 2 N–H and O–H groups in total. The lowest BCUT2D eigenvalue weighted by Gasteiger charge is -2.25. The summed E-state index contributed by atoms with van der Waals surface area (Å²) in [7, 11) is 0. The van der Waals surface area contributed by atoms with E-state index in [9.17, 15) is 19.8 Å². The minimum atomic E-state index is -0.188. The summed E-state index contributed by atoms with van der Waals surface area (Å²) in [5.74, 6) is -0.276. The summed E-state index contributed by atoms with van der Waals surface area (Å²) in [6.07, 6.45) is 6.17.